The molecule has 13 heteroatoms. The van der Waals surface area contributed by atoms with E-state index in [4.69, 9.17) is 25.8 Å². The summed E-state index contributed by atoms with van der Waals surface area (Å²) < 4.78 is 36.6. The van der Waals surface area contributed by atoms with Crippen LogP contribution in [0.1, 0.15) is 31.3 Å². The zero-order valence-electron chi connectivity index (χ0n) is 18.8. The Morgan fingerprint density at radius 1 is 1.11 bits per heavy atom. The summed E-state index contributed by atoms with van der Waals surface area (Å²) in [5.74, 6) is -1.96. The standard InChI is InChI=1S/C22H22ClFIN5O5/c1-22(2)34-17-16(7-25)33-20(18(17)35-22)30-11-15(24)19(31)29(21(30)32)10-14-9-28(27-26-14)8-12-3-5-13(23)6-4-12/h3-6,9,11,16-18,20H,7-8,10H2,1-2H3. The molecule has 0 radical (unpaired) electrons. The molecule has 0 bridgehead atoms. The Morgan fingerprint density at radius 3 is 2.54 bits per heavy atom. The van der Waals surface area contributed by atoms with E-state index in [1.54, 1.807) is 36.9 Å². The molecule has 2 fully saturated rings. The summed E-state index contributed by atoms with van der Waals surface area (Å²) in [5, 5.41) is 8.71. The lowest BCUT2D eigenvalue weighted by molar-refractivity contribution is -0.194. The summed E-state index contributed by atoms with van der Waals surface area (Å²) in [7, 11) is 0. The van der Waals surface area contributed by atoms with Crippen LogP contribution in [0.5, 0.6) is 0 Å². The first-order chi connectivity index (χ1) is 16.6. The van der Waals surface area contributed by atoms with E-state index < -0.39 is 41.3 Å². The molecule has 0 saturated carbocycles. The minimum absolute atomic E-state index is 0.255. The number of fused-ring (bicyclic) bond motifs is 1. The third-order valence-corrected chi connectivity index (χ3v) is 6.99. The average Bonchev–Trinajstić information content (AvgIpc) is 3.48. The van der Waals surface area contributed by atoms with Crippen LogP contribution in [0.4, 0.5) is 4.39 Å². The van der Waals surface area contributed by atoms with E-state index in [9.17, 15) is 14.0 Å². The molecule has 2 saturated heterocycles. The van der Waals surface area contributed by atoms with E-state index >= 15 is 0 Å². The summed E-state index contributed by atoms with van der Waals surface area (Å²) >= 11 is 8.08. The van der Waals surface area contributed by atoms with Gasteiger partial charge in [-0.15, -0.1) is 5.10 Å². The lowest BCUT2D eigenvalue weighted by atomic mass is 10.1. The molecule has 0 spiro atoms. The van der Waals surface area contributed by atoms with Gasteiger partial charge in [-0.25, -0.2) is 9.48 Å². The highest BCUT2D eigenvalue weighted by molar-refractivity contribution is 14.1. The highest BCUT2D eigenvalue weighted by atomic mass is 127. The van der Waals surface area contributed by atoms with Crippen LogP contribution >= 0.6 is 34.2 Å². The van der Waals surface area contributed by atoms with Gasteiger partial charge in [0.05, 0.1) is 31.6 Å². The number of rotatable bonds is 6. The molecule has 4 unspecified atom stereocenters. The van der Waals surface area contributed by atoms with Gasteiger partial charge in [0, 0.05) is 9.45 Å². The van der Waals surface area contributed by atoms with Crippen LogP contribution < -0.4 is 11.2 Å². The largest absolute Gasteiger partial charge is 0.348 e. The first-order valence-electron chi connectivity index (χ1n) is 10.9. The molecule has 10 nitrogen and oxygen atoms in total. The van der Waals surface area contributed by atoms with E-state index in [0.717, 1.165) is 20.9 Å². The van der Waals surface area contributed by atoms with Crippen molar-refractivity contribution < 1.29 is 18.6 Å². The molecule has 3 aromatic rings. The number of hydrogen-bond donors (Lipinski definition) is 0. The fourth-order valence-corrected chi connectivity index (χ4v) is 5.18. The zero-order valence-corrected chi connectivity index (χ0v) is 21.7. The number of nitrogens with zero attached hydrogens (tertiary/aromatic N) is 5. The SMILES string of the molecule is CC1(C)OC2C(CI)OC(n3cc(F)c(=O)n(Cc4cn(Cc5ccc(Cl)cc5)nn4)c3=O)C2O1. The first-order valence-corrected chi connectivity index (χ1v) is 12.8. The van der Waals surface area contributed by atoms with Crippen LogP contribution in [0.3, 0.4) is 0 Å². The van der Waals surface area contributed by atoms with Gasteiger partial charge in [0.25, 0.3) is 5.56 Å². The fraction of sp³-hybridized carbons (Fsp3) is 0.455. The van der Waals surface area contributed by atoms with Crippen LogP contribution in [-0.2, 0) is 27.3 Å². The highest BCUT2D eigenvalue weighted by Crippen LogP contribution is 2.43. The number of ether oxygens (including phenoxy) is 3. The van der Waals surface area contributed by atoms with Gasteiger partial charge >= 0.3 is 5.69 Å². The van der Waals surface area contributed by atoms with Crippen molar-refractivity contribution in [3.63, 3.8) is 0 Å². The predicted molar refractivity (Wildman–Crippen MR) is 131 cm³/mol. The Hall–Kier alpha value is -2.13. The van der Waals surface area contributed by atoms with Crippen molar-refractivity contribution >= 4 is 34.2 Å². The Labute approximate surface area is 217 Å². The van der Waals surface area contributed by atoms with Gasteiger partial charge in [0.2, 0.25) is 5.82 Å². The van der Waals surface area contributed by atoms with Gasteiger partial charge in [0.1, 0.15) is 17.9 Å². The quantitative estimate of drug-likeness (QED) is 0.309. The molecular formula is C22H22ClFIN5O5. The maximum absolute atomic E-state index is 14.7. The molecule has 4 atom stereocenters. The number of halogens is 3. The molecule has 5 rings (SSSR count). The van der Waals surface area contributed by atoms with Crippen LogP contribution in [-0.4, -0.2) is 52.7 Å². The van der Waals surface area contributed by atoms with Crippen molar-refractivity contribution in [1.82, 2.24) is 24.1 Å². The van der Waals surface area contributed by atoms with Crippen molar-refractivity contribution in [2.45, 2.75) is 57.3 Å². The highest BCUT2D eigenvalue weighted by Gasteiger charge is 2.55. The van der Waals surface area contributed by atoms with Gasteiger partial charge in [0.15, 0.2) is 12.0 Å². The van der Waals surface area contributed by atoms with Crippen LogP contribution in [0, 0.1) is 5.82 Å². The molecule has 2 aliphatic heterocycles. The van der Waals surface area contributed by atoms with Crippen molar-refractivity contribution in [1.29, 1.82) is 0 Å². The number of benzene rings is 1. The predicted octanol–water partition coefficient (Wildman–Crippen LogP) is 2.34. The van der Waals surface area contributed by atoms with Gasteiger partial charge < -0.3 is 14.2 Å². The molecule has 2 aromatic heterocycles. The van der Waals surface area contributed by atoms with E-state index in [-0.39, 0.29) is 12.6 Å². The topological polar surface area (TPSA) is 102 Å². The molecule has 1 aromatic carbocycles. The van der Waals surface area contributed by atoms with Crippen molar-refractivity contribution in [3.05, 3.63) is 79.6 Å². The molecule has 2 aliphatic rings. The fourth-order valence-electron chi connectivity index (χ4n) is 4.34. The molecule has 186 valence electrons. The monoisotopic (exact) mass is 617 g/mol. The van der Waals surface area contributed by atoms with Crippen LogP contribution in [0.25, 0.3) is 0 Å². The Balaban J connectivity index is 1.43. The molecule has 0 aliphatic carbocycles. The van der Waals surface area contributed by atoms with Crippen molar-refractivity contribution in [3.8, 4) is 0 Å². The third-order valence-electron chi connectivity index (χ3n) is 5.87. The number of aromatic nitrogens is 5. The van der Waals surface area contributed by atoms with Gasteiger partial charge in [-0.2, -0.15) is 4.39 Å². The summed E-state index contributed by atoms with van der Waals surface area (Å²) in [4.78, 5) is 25.9. The Bertz CT molecular complexity index is 1360. The summed E-state index contributed by atoms with van der Waals surface area (Å²) in [6.45, 7) is 3.69. The maximum atomic E-state index is 14.7. The van der Waals surface area contributed by atoms with Crippen LogP contribution in [0.2, 0.25) is 5.02 Å². The second-order valence-corrected chi connectivity index (χ2v) is 10.2. The maximum Gasteiger partial charge on any atom is 0.333 e. The molecule has 4 heterocycles. The molecule has 35 heavy (non-hydrogen) atoms. The second-order valence-electron chi connectivity index (χ2n) is 8.88. The lowest BCUT2D eigenvalue weighted by Crippen LogP contribution is -2.45. The molecule has 0 N–H and O–H groups in total. The van der Waals surface area contributed by atoms with E-state index in [0.29, 0.717) is 21.7 Å². The number of alkyl halides is 1. The van der Waals surface area contributed by atoms with Gasteiger partial charge in [-0.1, -0.05) is 51.5 Å². The Kier molecular flexibility index (Phi) is 6.59. The first kappa shape index (κ1) is 24.6. The van der Waals surface area contributed by atoms with Crippen LogP contribution in [0.15, 0.2) is 46.2 Å². The molecule has 0 amide bonds. The van der Waals surface area contributed by atoms with Gasteiger partial charge in [-0.3, -0.25) is 13.9 Å². The summed E-state index contributed by atoms with van der Waals surface area (Å²) in [6.07, 6.45) is 0.111. The third kappa shape index (κ3) is 4.81. The zero-order chi connectivity index (χ0) is 24.9. The normalized spacial score (nSPS) is 25.2. The van der Waals surface area contributed by atoms with E-state index in [2.05, 4.69) is 32.9 Å². The van der Waals surface area contributed by atoms with Crippen molar-refractivity contribution in [2.24, 2.45) is 0 Å². The second kappa shape index (κ2) is 9.39. The average molecular weight is 618 g/mol. The van der Waals surface area contributed by atoms with Gasteiger partial charge in [-0.05, 0) is 31.5 Å². The minimum atomic E-state index is -1.09. The van der Waals surface area contributed by atoms with E-state index in [1.807, 2.05) is 12.1 Å². The number of hydrogen-bond acceptors (Lipinski definition) is 7. The summed E-state index contributed by atoms with van der Waals surface area (Å²) in [6, 6.07) is 7.24. The molecular weight excluding hydrogens is 596 g/mol. The smallest absolute Gasteiger partial charge is 0.333 e. The van der Waals surface area contributed by atoms with E-state index in [1.165, 1.54) is 0 Å². The Morgan fingerprint density at radius 2 is 1.83 bits per heavy atom. The van der Waals surface area contributed by atoms with Crippen molar-refractivity contribution in [2.75, 3.05) is 4.43 Å². The lowest BCUT2D eigenvalue weighted by Gasteiger charge is -2.24. The minimum Gasteiger partial charge on any atom is -0.348 e. The summed E-state index contributed by atoms with van der Waals surface area (Å²) in [5.41, 5.74) is -0.528.